The molecule has 1 heterocycles. The highest BCUT2D eigenvalue weighted by Gasteiger charge is 2.12. The second-order valence-electron chi connectivity index (χ2n) is 3.76. The summed E-state index contributed by atoms with van der Waals surface area (Å²) < 4.78 is 22.8. The van der Waals surface area contributed by atoms with Gasteiger partial charge >= 0.3 is 7.69 Å². The average molecular weight is 196 g/mol. The molecule has 1 rings (SSSR count). The molecule has 0 N–H and O–H groups in total. The zero-order chi connectivity index (χ0) is 10.6. The Labute approximate surface area is 83.6 Å². The molecular formula is C9H12BFNO2. The molecule has 1 aromatic rings. The maximum Gasteiger partial charge on any atom is 0.572 e. The second-order valence-corrected chi connectivity index (χ2v) is 3.76. The number of aromatic nitrogens is 1. The highest BCUT2D eigenvalue weighted by atomic mass is 19.1. The molecule has 0 saturated heterocycles. The van der Waals surface area contributed by atoms with Crippen LogP contribution in [0.25, 0.3) is 0 Å². The molecule has 14 heavy (non-hydrogen) atoms. The standard InChI is InChI=1S/C9H12BFNO2/c1-9(2,3)14-10-13-7-4-5-12-8(11)6-7/h4-6H,1-3H3. The van der Waals surface area contributed by atoms with Crippen molar-refractivity contribution in [1.82, 2.24) is 4.98 Å². The summed E-state index contributed by atoms with van der Waals surface area (Å²) in [5, 5.41) is 0. The first-order valence-corrected chi connectivity index (χ1v) is 4.25. The summed E-state index contributed by atoms with van der Waals surface area (Å²) in [6, 6.07) is 2.73. The smallest absolute Gasteiger partial charge is 0.537 e. The van der Waals surface area contributed by atoms with Crippen LogP contribution < -0.4 is 4.65 Å². The van der Waals surface area contributed by atoms with Crippen molar-refractivity contribution in [1.29, 1.82) is 0 Å². The minimum absolute atomic E-state index is 0.314. The van der Waals surface area contributed by atoms with E-state index in [4.69, 9.17) is 9.31 Å². The summed E-state index contributed by atoms with van der Waals surface area (Å²) in [5.41, 5.74) is -0.314. The Hall–Kier alpha value is -1.10. The van der Waals surface area contributed by atoms with Crippen molar-refractivity contribution < 1.29 is 13.7 Å². The van der Waals surface area contributed by atoms with Gasteiger partial charge in [0.15, 0.2) is 0 Å². The van der Waals surface area contributed by atoms with Crippen LogP contribution in [0, 0.1) is 5.95 Å². The van der Waals surface area contributed by atoms with E-state index in [-0.39, 0.29) is 5.60 Å². The number of hydrogen-bond donors (Lipinski definition) is 0. The van der Waals surface area contributed by atoms with Crippen LogP contribution in [0.1, 0.15) is 20.8 Å². The summed E-state index contributed by atoms with van der Waals surface area (Å²) in [6.07, 6.45) is 1.33. The Balaban J connectivity index is 2.39. The van der Waals surface area contributed by atoms with Crippen LogP contribution in [0.15, 0.2) is 18.3 Å². The van der Waals surface area contributed by atoms with E-state index >= 15 is 0 Å². The van der Waals surface area contributed by atoms with Gasteiger partial charge in [0, 0.05) is 17.9 Å². The normalized spacial score (nSPS) is 11.1. The number of nitrogens with zero attached hydrogens (tertiary/aromatic N) is 1. The number of halogens is 1. The molecule has 0 aliphatic carbocycles. The Bertz CT molecular complexity index is 301. The number of hydrogen-bond acceptors (Lipinski definition) is 3. The number of rotatable bonds is 3. The highest BCUT2D eigenvalue weighted by Crippen LogP contribution is 2.11. The van der Waals surface area contributed by atoms with Gasteiger partial charge in [0.1, 0.15) is 5.75 Å². The van der Waals surface area contributed by atoms with Crippen LogP contribution in [0.2, 0.25) is 0 Å². The van der Waals surface area contributed by atoms with E-state index in [0.29, 0.717) is 5.75 Å². The van der Waals surface area contributed by atoms with Crippen LogP contribution in [0.4, 0.5) is 4.39 Å². The quantitative estimate of drug-likeness (QED) is 0.546. The van der Waals surface area contributed by atoms with E-state index in [1.165, 1.54) is 19.9 Å². The van der Waals surface area contributed by atoms with Gasteiger partial charge < -0.3 is 9.31 Å². The Morgan fingerprint density at radius 1 is 1.43 bits per heavy atom. The van der Waals surface area contributed by atoms with E-state index in [9.17, 15) is 4.39 Å². The lowest BCUT2D eigenvalue weighted by Gasteiger charge is -2.18. The predicted octanol–water partition coefficient (Wildman–Crippen LogP) is 1.95. The molecule has 0 amide bonds. The van der Waals surface area contributed by atoms with Crippen LogP contribution in [0.5, 0.6) is 5.75 Å². The SMILES string of the molecule is CC(C)(C)O[B]Oc1ccnc(F)c1. The van der Waals surface area contributed by atoms with Crippen molar-refractivity contribution in [3.63, 3.8) is 0 Å². The van der Waals surface area contributed by atoms with Crippen LogP contribution in [-0.4, -0.2) is 18.3 Å². The molecule has 3 nitrogen and oxygen atoms in total. The molecule has 0 fully saturated rings. The number of pyridine rings is 1. The molecular weight excluding hydrogens is 184 g/mol. The first-order valence-electron chi connectivity index (χ1n) is 4.25. The maximum absolute atomic E-state index is 12.6. The molecule has 0 unspecified atom stereocenters. The summed E-state index contributed by atoms with van der Waals surface area (Å²) in [4.78, 5) is 3.40. The first kappa shape index (κ1) is 11.0. The van der Waals surface area contributed by atoms with Crippen LogP contribution in [0.3, 0.4) is 0 Å². The van der Waals surface area contributed by atoms with Crippen molar-refractivity contribution in [2.45, 2.75) is 26.4 Å². The lowest BCUT2D eigenvalue weighted by atomic mass is 10.1. The van der Waals surface area contributed by atoms with Crippen LogP contribution >= 0.6 is 0 Å². The fraction of sp³-hybridized carbons (Fsp3) is 0.444. The van der Waals surface area contributed by atoms with Gasteiger partial charge in [-0.2, -0.15) is 4.39 Å². The molecule has 0 atom stereocenters. The van der Waals surface area contributed by atoms with Gasteiger partial charge in [-0.3, -0.25) is 0 Å². The molecule has 0 bridgehead atoms. The summed E-state index contributed by atoms with van der Waals surface area (Å²) in [5.74, 6) is -0.214. The highest BCUT2D eigenvalue weighted by molar-refractivity contribution is 6.19. The third-order valence-corrected chi connectivity index (χ3v) is 1.28. The second kappa shape index (κ2) is 4.42. The molecule has 75 valence electrons. The molecule has 1 aromatic heterocycles. The monoisotopic (exact) mass is 196 g/mol. The van der Waals surface area contributed by atoms with Crippen molar-refractivity contribution in [3.8, 4) is 5.75 Å². The van der Waals surface area contributed by atoms with Gasteiger partial charge in [-0.05, 0) is 26.8 Å². The van der Waals surface area contributed by atoms with E-state index < -0.39 is 5.95 Å². The molecule has 1 radical (unpaired) electrons. The molecule has 0 aliphatic heterocycles. The van der Waals surface area contributed by atoms with Gasteiger partial charge in [0.2, 0.25) is 5.95 Å². The average Bonchev–Trinajstić information content (AvgIpc) is 2.01. The van der Waals surface area contributed by atoms with Gasteiger partial charge in [0.05, 0.1) is 0 Å². The zero-order valence-corrected chi connectivity index (χ0v) is 8.45. The predicted molar refractivity (Wildman–Crippen MR) is 51.4 cm³/mol. The molecule has 0 aliphatic rings. The third kappa shape index (κ3) is 4.23. The van der Waals surface area contributed by atoms with Crippen molar-refractivity contribution in [2.24, 2.45) is 0 Å². The van der Waals surface area contributed by atoms with Gasteiger partial charge in [-0.25, -0.2) is 4.98 Å². The fourth-order valence-corrected chi connectivity index (χ4v) is 0.682. The van der Waals surface area contributed by atoms with Crippen LogP contribution in [-0.2, 0) is 4.65 Å². The Morgan fingerprint density at radius 3 is 2.71 bits per heavy atom. The van der Waals surface area contributed by atoms with Gasteiger partial charge in [0.25, 0.3) is 0 Å². The summed E-state index contributed by atoms with van der Waals surface area (Å²) in [7, 11) is 1.19. The molecule has 5 heteroatoms. The Kier molecular flexibility index (Phi) is 3.46. The van der Waals surface area contributed by atoms with Crippen molar-refractivity contribution in [3.05, 3.63) is 24.3 Å². The van der Waals surface area contributed by atoms with E-state index in [0.717, 1.165) is 0 Å². The first-order chi connectivity index (χ1) is 6.47. The molecule has 0 aromatic carbocycles. The largest absolute Gasteiger partial charge is 0.572 e. The topological polar surface area (TPSA) is 31.4 Å². The lowest BCUT2D eigenvalue weighted by Crippen LogP contribution is -2.24. The zero-order valence-electron chi connectivity index (χ0n) is 8.45. The maximum atomic E-state index is 12.6. The summed E-state index contributed by atoms with van der Waals surface area (Å²) in [6.45, 7) is 5.67. The lowest BCUT2D eigenvalue weighted by molar-refractivity contribution is 0.118. The fourth-order valence-electron chi connectivity index (χ4n) is 0.682. The van der Waals surface area contributed by atoms with E-state index in [1.54, 1.807) is 6.07 Å². The minimum atomic E-state index is -0.577. The van der Waals surface area contributed by atoms with Gasteiger partial charge in [-0.15, -0.1) is 0 Å². The Morgan fingerprint density at radius 2 is 2.14 bits per heavy atom. The van der Waals surface area contributed by atoms with Crippen molar-refractivity contribution >= 4 is 7.69 Å². The minimum Gasteiger partial charge on any atom is -0.537 e. The summed E-state index contributed by atoms with van der Waals surface area (Å²) >= 11 is 0. The molecule has 0 spiro atoms. The van der Waals surface area contributed by atoms with E-state index in [2.05, 4.69) is 4.98 Å². The third-order valence-electron chi connectivity index (χ3n) is 1.28. The van der Waals surface area contributed by atoms with Gasteiger partial charge in [-0.1, -0.05) is 0 Å². The van der Waals surface area contributed by atoms with E-state index in [1.807, 2.05) is 20.8 Å². The molecule has 0 saturated carbocycles. The van der Waals surface area contributed by atoms with Crippen molar-refractivity contribution in [2.75, 3.05) is 0 Å².